The maximum atomic E-state index is 13.7. The van der Waals surface area contributed by atoms with Gasteiger partial charge in [0.2, 0.25) is 5.82 Å². The minimum Gasteiger partial charge on any atom is -0.292 e. The Bertz CT molecular complexity index is 1550. The van der Waals surface area contributed by atoms with E-state index >= 15 is 0 Å². The molecular formula is C28H28ClN7O. The monoisotopic (exact) mass is 513 g/mol. The van der Waals surface area contributed by atoms with Gasteiger partial charge in [0.15, 0.2) is 0 Å². The van der Waals surface area contributed by atoms with Crippen LogP contribution in [0.25, 0.3) is 28.2 Å². The zero-order valence-corrected chi connectivity index (χ0v) is 21.6. The van der Waals surface area contributed by atoms with Crippen molar-refractivity contribution < 1.29 is 0 Å². The number of pyridine rings is 1. The van der Waals surface area contributed by atoms with Crippen molar-refractivity contribution in [2.24, 2.45) is 0 Å². The van der Waals surface area contributed by atoms with E-state index in [9.17, 15) is 4.79 Å². The highest BCUT2D eigenvalue weighted by Gasteiger charge is 2.17. The molecule has 9 heteroatoms. The number of tetrazole rings is 1. The first-order valence-corrected chi connectivity index (χ1v) is 12.8. The molecule has 0 saturated carbocycles. The molecule has 0 radical (unpaired) electrons. The first kappa shape index (κ1) is 24.6. The molecular weight excluding hydrogens is 486 g/mol. The van der Waals surface area contributed by atoms with Gasteiger partial charge in [-0.3, -0.25) is 14.1 Å². The largest absolute Gasteiger partial charge is 0.333 e. The molecule has 0 aliphatic rings. The van der Waals surface area contributed by atoms with Gasteiger partial charge in [0.1, 0.15) is 0 Å². The molecule has 0 bridgehead atoms. The van der Waals surface area contributed by atoms with E-state index < -0.39 is 0 Å². The van der Waals surface area contributed by atoms with E-state index in [1.54, 1.807) is 17.0 Å². The number of nitrogens with zero attached hydrogens (tertiary/aromatic N) is 6. The third kappa shape index (κ3) is 4.97. The van der Waals surface area contributed by atoms with Crippen LogP contribution in [0.1, 0.15) is 43.5 Å². The number of aryl methyl sites for hydroxylation is 2. The Balaban J connectivity index is 1.50. The molecule has 2 aromatic carbocycles. The van der Waals surface area contributed by atoms with Crippen molar-refractivity contribution in [2.75, 3.05) is 0 Å². The number of benzene rings is 2. The lowest BCUT2D eigenvalue weighted by Gasteiger charge is -2.10. The highest BCUT2D eigenvalue weighted by molar-refractivity contribution is 6.32. The number of hydrogen-bond donors (Lipinski definition) is 1. The topological polar surface area (TPSA) is 94.3 Å². The minimum atomic E-state index is -0.0790. The molecule has 5 aromatic rings. The average molecular weight is 514 g/mol. The fourth-order valence-electron chi connectivity index (χ4n) is 4.60. The molecule has 37 heavy (non-hydrogen) atoms. The Hall–Kier alpha value is -4.04. The van der Waals surface area contributed by atoms with Gasteiger partial charge in [0.25, 0.3) is 0 Å². The Kier molecular flexibility index (Phi) is 7.28. The summed E-state index contributed by atoms with van der Waals surface area (Å²) in [5.74, 6) is 0.515. The van der Waals surface area contributed by atoms with Crippen molar-refractivity contribution in [1.82, 2.24) is 34.7 Å². The van der Waals surface area contributed by atoms with Gasteiger partial charge in [-0.25, -0.2) is 4.79 Å². The minimum absolute atomic E-state index is 0.0790. The van der Waals surface area contributed by atoms with E-state index in [-0.39, 0.29) is 5.69 Å². The highest BCUT2D eigenvalue weighted by Crippen LogP contribution is 2.29. The van der Waals surface area contributed by atoms with Crippen molar-refractivity contribution in [2.45, 2.75) is 46.1 Å². The normalized spacial score (nSPS) is 11.2. The maximum absolute atomic E-state index is 13.7. The molecule has 0 aliphatic heterocycles. The number of hydrogen-bond acceptors (Lipinski definition) is 5. The van der Waals surface area contributed by atoms with Gasteiger partial charge < -0.3 is 0 Å². The van der Waals surface area contributed by atoms with Crippen molar-refractivity contribution >= 4 is 11.6 Å². The summed E-state index contributed by atoms with van der Waals surface area (Å²) in [6, 6.07) is 15.8. The molecule has 0 amide bonds. The summed E-state index contributed by atoms with van der Waals surface area (Å²) < 4.78 is 3.58. The molecule has 5 rings (SSSR count). The summed E-state index contributed by atoms with van der Waals surface area (Å²) in [6.07, 6.45) is 9.13. The second kappa shape index (κ2) is 10.9. The first-order valence-electron chi connectivity index (χ1n) is 12.5. The number of imidazole rings is 1. The SMILES string of the molecule is CCCCc1cn(-c2c(Cl)cccc2CC)c(=O)n1Cc1ccc(-c2cnccc2-c2nn[nH]n2)cc1. The zero-order valence-electron chi connectivity index (χ0n) is 20.9. The predicted molar refractivity (Wildman–Crippen MR) is 145 cm³/mol. The van der Waals surface area contributed by atoms with Crippen LogP contribution in [0.4, 0.5) is 0 Å². The van der Waals surface area contributed by atoms with Gasteiger partial charge in [-0.2, -0.15) is 5.21 Å². The van der Waals surface area contributed by atoms with Crippen LogP contribution >= 0.6 is 11.6 Å². The number of aromatic amines is 1. The van der Waals surface area contributed by atoms with E-state index in [2.05, 4.69) is 39.5 Å². The fourth-order valence-corrected chi connectivity index (χ4v) is 4.88. The highest BCUT2D eigenvalue weighted by atomic mass is 35.5. The van der Waals surface area contributed by atoms with Crippen molar-refractivity contribution in [3.05, 3.63) is 99.4 Å². The summed E-state index contributed by atoms with van der Waals surface area (Å²) in [5.41, 5.74) is 6.51. The third-order valence-corrected chi connectivity index (χ3v) is 6.86. The van der Waals surface area contributed by atoms with Gasteiger partial charge >= 0.3 is 5.69 Å². The van der Waals surface area contributed by atoms with Crippen LogP contribution in [-0.2, 0) is 19.4 Å². The van der Waals surface area contributed by atoms with Gasteiger partial charge in [0, 0.05) is 35.4 Å². The van der Waals surface area contributed by atoms with Crippen LogP contribution in [0, 0.1) is 0 Å². The molecule has 3 aromatic heterocycles. The number of halogens is 1. The molecule has 0 aliphatic carbocycles. The van der Waals surface area contributed by atoms with Crippen LogP contribution in [0.2, 0.25) is 5.02 Å². The second-order valence-electron chi connectivity index (χ2n) is 8.92. The van der Waals surface area contributed by atoms with Crippen LogP contribution in [0.3, 0.4) is 0 Å². The first-order chi connectivity index (χ1) is 18.1. The Morgan fingerprint density at radius 2 is 1.86 bits per heavy atom. The molecule has 0 unspecified atom stereocenters. The lowest BCUT2D eigenvalue weighted by Crippen LogP contribution is -2.25. The molecule has 0 atom stereocenters. The lowest BCUT2D eigenvalue weighted by molar-refractivity contribution is 0.673. The molecule has 8 nitrogen and oxygen atoms in total. The van der Waals surface area contributed by atoms with Gasteiger partial charge in [0.05, 0.1) is 17.3 Å². The van der Waals surface area contributed by atoms with Crippen molar-refractivity contribution in [3.8, 4) is 28.2 Å². The number of rotatable bonds is 9. The van der Waals surface area contributed by atoms with Crippen LogP contribution in [0.5, 0.6) is 0 Å². The molecule has 0 spiro atoms. The number of aromatic nitrogens is 7. The number of unbranched alkanes of at least 4 members (excludes halogenated alkanes) is 1. The van der Waals surface area contributed by atoms with E-state index in [0.717, 1.165) is 64.9 Å². The summed E-state index contributed by atoms with van der Waals surface area (Å²) >= 11 is 6.58. The molecule has 0 fully saturated rings. The van der Waals surface area contributed by atoms with E-state index in [4.69, 9.17) is 11.6 Å². The van der Waals surface area contributed by atoms with Crippen molar-refractivity contribution in [1.29, 1.82) is 0 Å². The lowest BCUT2D eigenvalue weighted by atomic mass is 10.0. The number of H-pyrrole nitrogens is 1. The second-order valence-corrected chi connectivity index (χ2v) is 9.32. The smallest absolute Gasteiger partial charge is 0.292 e. The summed E-state index contributed by atoms with van der Waals surface area (Å²) in [6.45, 7) is 4.70. The Labute approximate surface area is 220 Å². The maximum Gasteiger partial charge on any atom is 0.333 e. The fraction of sp³-hybridized carbons (Fsp3) is 0.250. The summed E-state index contributed by atoms with van der Waals surface area (Å²) in [4.78, 5) is 18.0. The standard InChI is InChI=1S/C28H28ClN7O/c1-3-5-8-22-18-36(26-20(4-2)7-6-9-25(26)29)28(37)35(22)17-19-10-12-21(13-11-19)24-16-30-15-14-23(24)27-31-33-34-32-27/h6-7,9-16,18H,3-5,8,17H2,1-2H3,(H,31,32,33,34). The van der Waals surface area contributed by atoms with E-state index in [1.165, 1.54) is 0 Å². The molecule has 3 heterocycles. The number of nitrogens with one attached hydrogen (secondary N) is 1. The summed E-state index contributed by atoms with van der Waals surface area (Å²) in [7, 11) is 0. The Morgan fingerprint density at radius 1 is 1.03 bits per heavy atom. The van der Waals surface area contributed by atoms with Crippen LogP contribution < -0.4 is 5.69 Å². The van der Waals surface area contributed by atoms with Gasteiger partial charge in [-0.1, -0.05) is 68.3 Å². The molecule has 188 valence electrons. The Morgan fingerprint density at radius 3 is 2.59 bits per heavy atom. The quantitative estimate of drug-likeness (QED) is 0.281. The van der Waals surface area contributed by atoms with E-state index in [1.807, 2.05) is 59.3 Å². The number of para-hydroxylation sites is 1. The zero-order chi connectivity index (χ0) is 25.8. The van der Waals surface area contributed by atoms with Gasteiger partial charge in [-0.15, -0.1) is 10.2 Å². The van der Waals surface area contributed by atoms with Crippen LogP contribution in [-0.4, -0.2) is 34.7 Å². The van der Waals surface area contributed by atoms with E-state index in [0.29, 0.717) is 17.4 Å². The molecule has 1 N–H and O–H groups in total. The summed E-state index contributed by atoms with van der Waals surface area (Å²) in [5, 5.41) is 15.0. The average Bonchev–Trinajstić information content (AvgIpc) is 3.57. The molecule has 0 saturated heterocycles. The van der Waals surface area contributed by atoms with Gasteiger partial charge in [-0.05, 0) is 53.3 Å². The van der Waals surface area contributed by atoms with Crippen molar-refractivity contribution in [3.63, 3.8) is 0 Å². The van der Waals surface area contributed by atoms with Crippen LogP contribution in [0.15, 0.2) is 71.9 Å². The third-order valence-electron chi connectivity index (χ3n) is 6.55. The predicted octanol–water partition coefficient (Wildman–Crippen LogP) is 5.49.